The molecule has 0 heterocycles. The molecule has 0 aromatic carbocycles. The van der Waals surface area contributed by atoms with E-state index in [1.807, 2.05) is 0 Å². The van der Waals surface area contributed by atoms with Gasteiger partial charge >= 0.3 is 5.97 Å². The Labute approximate surface area is 176 Å². The van der Waals surface area contributed by atoms with Crippen molar-refractivity contribution in [3.05, 3.63) is 0 Å². The van der Waals surface area contributed by atoms with E-state index in [0.717, 1.165) is 19.3 Å². The van der Waals surface area contributed by atoms with Gasteiger partial charge in [0.05, 0.1) is 13.2 Å². The molecule has 28 heavy (non-hydrogen) atoms. The van der Waals surface area contributed by atoms with Crippen LogP contribution in [-0.2, 0) is 9.53 Å². The van der Waals surface area contributed by atoms with Crippen LogP contribution in [-0.4, -0.2) is 24.3 Å². The zero-order valence-electron chi connectivity index (χ0n) is 19.2. The Morgan fingerprint density at radius 3 is 1.39 bits per heavy atom. The summed E-state index contributed by atoms with van der Waals surface area (Å²) in [6.07, 6.45) is 25.9. The largest absolute Gasteiger partial charge is 0.469 e. The second-order valence-corrected chi connectivity index (χ2v) is 8.57. The predicted molar refractivity (Wildman–Crippen MR) is 121 cm³/mol. The highest BCUT2D eigenvalue weighted by Crippen LogP contribution is 2.15. The second-order valence-electron chi connectivity index (χ2n) is 8.57. The minimum absolute atomic E-state index is 0.176. The smallest absolute Gasteiger partial charge is 0.305 e. The monoisotopic (exact) mass is 398 g/mol. The number of carbonyl (C=O) groups excluding carboxylic acids is 1. The van der Waals surface area contributed by atoms with Crippen molar-refractivity contribution in [1.82, 2.24) is 0 Å². The first-order valence-corrected chi connectivity index (χ1v) is 12.5. The first-order valence-electron chi connectivity index (χ1n) is 12.5. The SMILES string of the molecule is CCCCCCCCCCCCCCCCCCC[C@H](O)CCCC(=O)OC. The Morgan fingerprint density at radius 1 is 0.643 bits per heavy atom. The van der Waals surface area contributed by atoms with E-state index in [2.05, 4.69) is 11.7 Å². The summed E-state index contributed by atoms with van der Waals surface area (Å²) in [6, 6.07) is 0. The molecule has 1 atom stereocenters. The van der Waals surface area contributed by atoms with Crippen molar-refractivity contribution in [3.8, 4) is 0 Å². The number of hydrogen-bond donors (Lipinski definition) is 1. The number of carbonyl (C=O) groups is 1. The molecule has 3 heteroatoms. The predicted octanol–water partition coefficient (Wildman–Crippen LogP) is 7.73. The van der Waals surface area contributed by atoms with Crippen molar-refractivity contribution in [3.63, 3.8) is 0 Å². The Morgan fingerprint density at radius 2 is 1.00 bits per heavy atom. The third kappa shape index (κ3) is 21.7. The highest BCUT2D eigenvalue weighted by molar-refractivity contribution is 5.68. The lowest BCUT2D eigenvalue weighted by atomic mass is 10.0. The molecule has 0 aliphatic carbocycles. The maximum Gasteiger partial charge on any atom is 0.305 e. The van der Waals surface area contributed by atoms with E-state index in [1.54, 1.807) is 0 Å². The first kappa shape index (κ1) is 27.4. The number of aliphatic hydroxyl groups is 1. The Kier molecular flexibility index (Phi) is 22.3. The van der Waals surface area contributed by atoms with Crippen LogP contribution < -0.4 is 0 Å². The van der Waals surface area contributed by atoms with Crippen molar-refractivity contribution in [2.24, 2.45) is 0 Å². The lowest BCUT2D eigenvalue weighted by Crippen LogP contribution is -2.08. The van der Waals surface area contributed by atoms with Gasteiger partial charge in [-0.1, -0.05) is 116 Å². The normalized spacial score (nSPS) is 12.2. The van der Waals surface area contributed by atoms with Gasteiger partial charge in [-0.25, -0.2) is 0 Å². The van der Waals surface area contributed by atoms with Crippen LogP contribution in [0.25, 0.3) is 0 Å². The summed E-state index contributed by atoms with van der Waals surface area (Å²) in [4.78, 5) is 11.0. The standard InChI is InChI=1S/C25H50O3/c1-3-4-5-6-7-8-9-10-11-12-13-14-15-16-17-18-19-21-24(26)22-20-23-25(27)28-2/h24,26H,3-23H2,1-2H3/t24-/m0/s1. The summed E-state index contributed by atoms with van der Waals surface area (Å²) >= 11 is 0. The summed E-state index contributed by atoms with van der Waals surface area (Å²) in [5, 5.41) is 9.91. The van der Waals surface area contributed by atoms with E-state index in [-0.39, 0.29) is 12.1 Å². The average Bonchev–Trinajstić information content (AvgIpc) is 2.70. The zero-order valence-corrected chi connectivity index (χ0v) is 19.2. The van der Waals surface area contributed by atoms with Gasteiger partial charge in [-0.05, 0) is 19.3 Å². The Hall–Kier alpha value is -0.570. The summed E-state index contributed by atoms with van der Waals surface area (Å²) in [5.74, 6) is -0.176. The van der Waals surface area contributed by atoms with E-state index in [4.69, 9.17) is 0 Å². The molecule has 0 radical (unpaired) electrons. The molecule has 1 N–H and O–H groups in total. The molecule has 0 bridgehead atoms. The number of aliphatic hydroxyl groups excluding tert-OH is 1. The lowest BCUT2D eigenvalue weighted by molar-refractivity contribution is -0.140. The lowest BCUT2D eigenvalue weighted by Gasteiger charge is -2.09. The van der Waals surface area contributed by atoms with Gasteiger partial charge in [0.15, 0.2) is 0 Å². The molecule has 0 aliphatic heterocycles. The third-order valence-electron chi connectivity index (χ3n) is 5.79. The topological polar surface area (TPSA) is 46.5 Å². The molecule has 0 aromatic rings. The van der Waals surface area contributed by atoms with Crippen LogP contribution in [0.1, 0.15) is 142 Å². The molecule has 0 fully saturated rings. The molecule has 0 aliphatic rings. The molecular formula is C25H50O3. The van der Waals surface area contributed by atoms with Crippen LogP contribution in [0.15, 0.2) is 0 Å². The summed E-state index contributed by atoms with van der Waals surface area (Å²) < 4.78 is 4.61. The van der Waals surface area contributed by atoms with E-state index in [1.165, 1.54) is 110 Å². The minimum atomic E-state index is -0.249. The fourth-order valence-electron chi connectivity index (χ4n) is 3.83. The summed E-state index contributed by atoms with van der Waals surface area (Å²) in [5.41, 5.74) is 0. The molecular weight excluding hydrogens is 348 g/mol. The van der Waals surface area contributed by atoms with Crippen molar-refractivity contribution in [1.29, 1.82) is 0 Å². The summed E-state index contributed by atoms with van der Waals surface area (Å²) in [6.45, 7) is 2.28. The van der Waals surface area contributed by atoms with Gasteiger partial charge in [-0.2, -0.15) is 0 Å². The molecule has 0 rings (SSSR count). The van der Waals surface area contributed by atoms with E-state index in [9.17, 15) is 9.90 Å². The number of methoxy groups -OCH3 is 1. The number of esters is 1. The maximum absolute atomic E-state index is 11.0. The maximum atomic E-state index is 11.0. The molecule has 0 spiro atoms. The molecule has 0 amide bonds. The molecule has 168 valence electrons. The van der Waals surface area contributed by atoms with Crippen LogP contribution in [0.5, 0.6) is 0 Å². The highest BCUT2D eigenvalue weighted by Gasteiger charge is 2.06. The Balaban J connectivity index is 3.12. The number of hydrogen-bond acceptors (Lipinski definition) is 3. The zero-order chi connectivity index (χ0) is 20.7. The molecule has 0 saturated carbocycles. The van der Waals surface area contributed by atoms with Crippen molar-refractivity contribution < 1.29 is 14.6 Å². The van der Waals surface area contributed by atoms with Crippen molar-refractivity contribution in [2.75, 3.05) is 7.11 Å². The number of unbranched alkanes of at least 4 members (excludes halogenated alkanes) is 16. The van der Waals surface area contributed by atoms with Crippen molar-refractivity contribution in [2.45, 2.75) is 148 Å². The summed E-state index contributed by atoms with van der Waals surface area (Å²) in [7, 11) is 1.41. The average molecular weight is 399 g/mol. The number of ether oxygens (including phenoxy) is 1. The molecule has 0 aromatic heterocycles. The first-order chi connectivity index (χ1) is 13.7. The highest BCUT2D eigenvalue weighted by atomic mass is 16.5. The van der Waals surface area contributed by atoms with Gasteiger partial charge in [-0.15, -0.1) is 0 Å². The minimum Gasteiger partial charge on any atom is -0.469 e. The van der Waals surface area contributed by atoms with Gasteiger partial charge < -0.3 is 9.84 Å². The van der Waals surface area contributed by atoms with E-state index < -0.39 is 0 Å². The number of rotatable bonds is 22. The van der Waals surface area contributed by atoms with Crippen LogP contribution in [0.3, 0.4) is 0 Å². The van der Waals surface area contributed by atoms with Gasteiger partial charge in [0, 0.05) is 6.42 Å². The fourth-order valence-corrected chi connectivity index (χ4v) is 3.83. The van der Waals surface area contributed by atoms with Crippen LogP contribution >= 0.6 is 0 Å². The Bertz CT molecular complexity index is 317. The fraction of sp³-hybridized carbons (Fsp3) is 0.960. The van der Waals surface area contributed by atoms with Crippen LogP contribution in [0, 0.1) is 0 Å². The molecule has 0 unspecified atom stereocenters. The molecule has 0 saturated heterocycles. The van der Waals surface area contributed by atoms with Crippen LogP contribution in [0.2, 0.25) is 0 Å². The van der Waals surface area contributed by atoms with Gasteiger partial charge in [0.1, 0.15) is 0 Å². The van der Waals surface area contributed by atoms with E-state index in [0.29, 0.717) is 12.8 Å². The van der Waals surface area contributed by atoms with Gasteiger partial charge in [0.25, 0.3) is 0 Å². The third-order valence-corrected chi connectivity index (χ3v) is 5.79. The second kappa shape index (κ2) is 22.7. The molecule has 3 nitrogen and oxygen atoms in total. The van der Waals surface area contributed by atoms with Crippen LogP contribution in [0.4, 0.5) is 0 Å². The van der Waals surface area contributed by atoms with E-state index >= 15 is 0 Å². The van der Waals surface area contributed by atoms with Gasteiger partial charge in [-0.3, -0.25) is 4.79 Å². The van der Waals surface area contributed by atoms with Crippen molar-refractivity contribution >= 4 is 5.97 Å². The van der Waals surface area contributed by atoms with Gasteiger partial charge in [0.2, 0.25) is 0 Å². The quantitative estimate of drug-likeness (QED) is 0.150.